The van der Waals surface area contributed by atoms with E-state index in [-0.39, 0.29) is 0 Å². The molecule has 0 atom stereocenters. The normalized spacial score (nSPS) is 17.2. The second kappa shape index (κ2) is 7.17. The zero-order chi connectivity index (χ0) is 14.4. The zero-order valence-corrected chi connectivity index (χ0v) is 12.5. The van der Waals surface area contributed by atoms with Crippen molar-refractivity contribution in [1.29, 1.82) is 0 Å². The fourth-order valence-corrected chi connectivity index (χ4v) is 3.63. The van der Waals surface area contributed by atoms with Gasteiger partial charge in [-0.25, -0.2) is 0 Å². The lowest BCUT2D eigenvalue weighted by Crippen LogP contribution is -2.43. The van der Waals surface area contributed by atoms with Crippen LogP contribution in [-0.2, 0) is 23.2 Å². The van der Waals surface area contributed by atoms with Crippen molar-refractivity contribution >= 4 is 10.2 Å². The van der Waals surface area contributed by atoms with E-state index in [1.165, 1.54) is 5.56 Å². The lowest BCUT2D eigenvalue weighted by atomic mass is 10.1. The molecule has 20 heavy (non-hydrogen) atoms. The van der Waals surface area contributed by atoms with E-state index in [9.17, 15) is 8.42 Å². The van der Waals surface area contributed by atoms with Crippen LogP contribution in [0.25, 0.3) is 0 Å². The summed E-state index contributed by atoms with van der Waals surface area (Å²) in [7, 11) is -3.34. The average Bonchev–Trinajstić information content (AvgIpc) is 2.48. The number of nitrogens with two attached hydrogens (primary N) is 1. The summed E-state index contributed by atoms with van der Waals surface area (Å²) in [6, 6.07) is 7.89. The molecule has 3 N–H and O–H groups in total. The SMILES string of the molecule is NCCc1ccc(CNS(=O)(=O)N2CCCCC2)cc1. The molecule has 1 heterocycles. The Labute approximate surface area is 121 Å². The summed E-state index contributed by atoms with van der Waals surface area (Å²) in [5, 5.41) is 0. The molecule has 0 saturated carbocycles. The zero-order valence-electron chi connectivity index (χ0n) is 11.7. The van der Waals surface area contributed by atoms with Gasteiger partial charge in [-0.2, -0.15) is 17.4 Å². The number of rotatable bonds is 6. The second-order valence-corrected chi connectivity index (χ2v) is 6.90. The van der Waals surface area contributed by atoms with E-state index in [4.69, 9.17) is 5.73 Å². The Kier molecular flexibility index (Phi) is 5.54. The second-order valence-electron chi connectivity index (χ2n) is 5.14. The Bertz CT molecular complexity index is 508. The molecule has 0 aromatic heterocycles. The van der Waals surface area contributed by atoms with Crippen molar-refractivity contribution in [3.05, 3.63) is 35.4 Å². The first kappa shape index (κ1) is 15.4. The van der Waals surface area contributed by atoms with Gasteiger partial charge in [0, 0.05) is 19.6 Å². The maximum atomic E-state index is 12.1. The number of nitrogens with zero attached hydrogens (tertiary/aromatic N) is 1. The van der Waals surface area contributed by atoms with Crippen LogP contribution in [0, 0.1) is 0 Å². The smallest absolute Gasteiger partial charge is 0.279 e. The lowest BCUT2D eigenvalue weighted by Gasteiger charge is -2.25. The quantitative estimate of drug-likeness (QED) is 0.823. The van der Waals surface area contributed by atoms with Crippen molar-refractivity contribution in [2.45, 2.75) is 32.2 Å². The Balaban J connectivity index is 1.90. The minimum Gasteiger partial charge on any atom is -0.330 e. The van der Waals surface area contributed by atoms with Crippen LogP contribution in [0.5, 0.6) is 0 Å². The number of benzene rings is 1. The Hall–Kier alpha value is -0.950. The van der Waals surface area contributed by atoms with Crippen LogP contribution in [0.1, 0.15) is 30.4 Å². The van der Waals surface area contributed by atoms with Gasteiger partial charge in [0.15, 0.2) is 0 Å². The molecule has 5 nitrogen and oxygen atoms in total. The molecule has 0 spiro atoms. The molecule has 0 amide bonds. The fourth-order valence-electron chi connectivity index (χ4n) is 2.36. The van der Waals surface area contributed by atoms with Crippen molar-refractivity contribution in [3.8, 4) is 0 Å². The summed E-state index contributed by atoms with van der Waals surface area (Å²) in [4.78, 5) is 0. The van der Waals surface area contributed by atoms with Gasteiger partial charge < -0.3 is 5.73 Å². The predicted octanol–water partition coefficient (Wildman–Crippen LogP) is 1.01. The molecule has 1 saturated heterocycles. The number of hydrogen-bond donors (Lipinski definition) is 2. The number of nitrogens with one attached hydrogen (secondary N) is 1. The molecular weight excluding hydrogens is 274 g/mol. The molecule has 0 bridgehead atoms. The van der Waals surface area contributed by atoms with E-state index in [1.54, 1.807) is 4.31 Å². The van der Waals surface area contributed by atoms with Gasteiger partial charge in [-0.15, -0.1) is 0 Å². The van der Waals surface area contributed by atoms with E-state index in [1.807, 2.05) is 24.3 Å². The Morgan fingerprint density at radius 2 is 1.65 bits per heavy atom. The van der Waals surface area contributed by atoms with Crippen LogP contribution in [0.4, 0.5) is 0 Å². The summed E-state index contributed by atoms with van der Waals surface area (Å²) >= 11 is 0. The van der Waals surface area contributed by atoms with Crippen LogP contribution in [0.15, 0.2) is 24.3 Å². The molecule has 1 aromatic carbocycles. The maximum Gasteiger partial charge on any atom is 0.279 e. The minimum absolute atomic E-state index is 0.335. The molecule has 1 aliphatic rings. The molecule has 2 rings (SSSR count). The van der Waals surface area contributed by atoms with Gasteiger partial charge in [0.05, 0.1) is 0 Å². The highest BCUT2D eigenvalue weighted by molar-refractivity contribution is 7.87. The fraction of sp³-hybridized carbons (Fsp3) is 0.571. The molecular formula is C14H23N3O2S. The predicted molar refractivity (Wildman–Crippen MR) is 80.4 cm³/mol. The summed E-state index contributed by atoms with van der Waals surface area (Å²) < 4.78 is 28.5. The summed E-state index contributed by atoms with van der Waals surface area (Å²) in [6.45, 7) is 2.22. The minimum atomic E-state index is -3.34. The Morgan fingerprint density at radius 3 is 2.25 bits per heavy atom. The van der Waals surface area contributed by atoms with Gasteiger partial charge in [0.25, 0.3) is 10.2 Å². The molecule has 112 valence electrons. The standard InChI is InChI=1S/C14H23N3O2S/c15-9-8-13-4-6-14(7-5-13)12-16-20(18,19)17-10-2-1-3-11-17/h4-7,16H,1-3,8-12,15H2. The van der Waals surface area contributed by atoms with Gasteiger partial charge in [0.1, 0.15) is 0 Å². The van der Waals surface area contributed by atoms with E-state index in [0.717, 1.165) is 31.2 Å². The first-order valence-electron chi connectivity index (χ1n) is 7.14. The third-order valence-electron chi connectivity index (χ3n) is 3.57. The third-order valence-corrected chi connectivity index (χ3v) is 5.12. The molecule has 1 aromatic rings. The number of piperidine rings is 1. The first-order valence-corrected chi connectivity index (χ1v) is 8.58. The van der Waals surface area contributed by atoms with E-state index in [2.05, 4.69) is 4.72 Å². The van der Waals surface area contributed by atoms with Gasteiger partial charge in [-0.3, -0.25) is 0 Å². The van der Waals surface area contributed by atoms with Crippen molar-refractivity contribution in [3.63, 3.8) is 0 Å². The highest BCUT2D eigenvalue weighted by atomic mass is 32.2. The van der Waals surface area contributed by atoms with Crippen LogP contribution in [0.2, 0.25) is 0 Å². The molecule has 1 fully saturated rings. The topological polar surface area (TPSA) is 75.4 Å². The summed E-state index contributed by atoms with van der Waals surface area (Å²) in [6.07, 6.45) is 3.87. The van der Waals surface area contributed by atoms with E-state index >= 15 is 0 Å². The molecule has 1 aliphatic heterocycles. The monoisotopic (exact) mass is 297 g/mol. The molecule has 0 unspecified atom stereocenters. The molecule has 6 heteroatoms. The highest BCUT2D eigenvalue weighted by Gasteiger charge is 2.22. The largest absolute Gasteiger partial charge is 0.330 e. The molecule has 0 radical (unpaired) electrons. The first-order chi connectivity index (χ1) is 9.62. The van der Waals surface area contributed by atoms with Crippen molar-refractivity contribution in [2.75, 3.05) is 19.6 Å². The van der Waals surface area contributed by atoms with Crippen molar-refractivity contribution in [2.24, 2.45) is 5.73 Å². The highest BCUT2D eigenvalue weighted by Crippen LogP contribution is 2.12. The van der Waals surface area contributed by atoms with Gasteiger partial charge in [-0.05, 0) is 36.9 Å². The van der Waals surface area contributed by atoms with E-state index in [0.29, 0.717) is 26.2 Å². The van der Waals surface area contributed by atoms with Crippen LogP contribution >= 0.6 is 0 Å². The summed E-state index contributed by atoms with van der Waals surface area (Å²) in [5.74, 6) is 0. The van der Waals surface area contributed by atoms with Crippen LogP contribution in [-0.4, -0.2) is 32.4 Å². The Morgan fingerprint density at radius 1 is 1.05 bits per heavy atom. The van der Waals surface area contributed by atoms with Gasteiger partial charge in [-0.1, -0.05) is 30.7 Å². The van der Waals surface area contributed by atoms with Crippen LogP contribution in [0.3, 0.4) is 0 Å². The third kappa shape index (κ3) is 4.28. The van der Waals surface area contributed by atoms with Crippen molar-refractivity contribution in [1.82, 2.24) is 9.03 Å². The van der Waals surface area contributed by atoms with Gasteiger partial charge in [0.2, 0.25) is 0 Å². The lowest BCUT2D eigenvalue weighted by molar-refractivity contribution is 0.341. The molecule has 0 aliphatic carbocycles. The van der Waals surface area contributed by atoms with E-state index < -0.39 is 10.2 Å². The average molecular weight is 297 g/mol. The maximum absolute atomic E-state index is 12.1. The number of hydrogen-bond acceptors (Lipinski definition) is 3. The van der Waals surface area contributed by atoms with Crippen LogP contribution < -0.4 is 10.5 Å². The summed E-state index contributed by atoms with van der Waals surface area (Å²) in [5.41, 5.74) is 7.64. The van der Waals surface area contributed by atoms with Gasteiger partial charge >= 0.3 is 0 Å². The van der Waals surface area contributed by atoms with Crippen molar-refractivity contribution < 1.29 is 8.42 Å².